The minimum absolute atomic E-state index is 0.130. The van der Waals surface area contributed by atoms with Crippen LogP contribution >= 0.6 is 0 Å². The van der Waals surface area contributed by atoms with Crippen LogP contribution in [0.25, 0.3) is 10.9 Å². The van der Waals surface area contributed by atoms with Crippen LogP contribution in [0.5, 0.6) is 0 Å². The van der Waals surface area contributed by atoms with E-state index < -0.39 is 11.8 Å². The Balaban J connectivity index is 1.88. The lowest BCUT2D eigenvalue weighted by Crippen LogP contribution is -2.29. The molecular formula is C24H25FN2O4. The first-order valence-corrected chi connectivity index (χ1v) is 10.3. The molecule has 0 aliphatic rings. The van der Waals surface area contributed by atoms with Gasteiger partial charge in [0.05, 0.1) is 11.2 Å². The molecule has 0 saturated heterocycles. The number of carboxylic acid groups (broad SMARTS) is 1. The number of hydrogen-bond acceptors (Lipinski definition) is 3. The Morgan fingerprint density at radius 2 is 1.71 bits per heavy atom. The van der Waals surface area contributed by atoms with Crippen LogP contribution in [0.1, 0.15) is 49.4 Å². The fourth-order valence-electron chi connectivity index (χ4n) is 3.64. The predicted octanol–water partition coefficient (Wildman–Crippen LogP) is 4.86. The number of carboxylic acids is 1. The number of carbonyl (C=O) groups is 3. The first-order chi connectivity index (χ1) is 14.9. The van der Waals surface area contributed by atoms with E-state index in [0.717, 1.165) is 12.8 Å². The van der Waals surface area contributed by atoms with Gasteiger partial charge in [-0.3, -0.25) is 19.0 Å². The number of anilines is 1. The Morgan fingerprint density at radius 3 is 2.39 bits per heavy atom. The van der Waals surface area contributed by atoms with E-state index in [0.29, 0.717) is 41.5 Å². The average Bonchev–Trinajstić information content (AvgIpc) is 3.11. The molecule has 0 unspecified atom stereocenters. The summed E-state index contributed by atoms with van der Waals surface area (Å²) >= 11 is 0. The molecule has 0 fully saturated rings. The molecule has 1 aromatic heterocycles. The van der Waals surface area contributed by atoms with Gasteiger partial charge in [0.25, 0.3) is 5.91 Å². The molecule has 0 spiro atoms. The third kappa shape index (κ3) is 5.36. The highest BCUT2D eigenvalue weighted by Gasteiger charge is 2.21. The van der Waals surface area contributed by atoms with Gasteiger partial charge in [0.2, 0.25) is 5.91 Å². The standard InChI is InChI=1S/C24H25FN2O4/c1-17(28)26(14-8-3-2-7-11-23(29)30)22-16-27(21-13-12-19(25)15-20(21)22)24(31)18-9-5-4-6-10-18/h4-6,9-10,12-13,15-16H,2-3,7-8,11,14H2,1H3,(H,29,30). The molecule has 3 rings (SSSR count). The van der Waals surface area contributed by atoms with Gasteiger partial charge in [-0.05, 0) is 43.2 Å². The number of fused-ring (bicyclic) bond motifs is 1. The zero-order chi connectivity index (χ0) is 22.4. The Labute approximate surface area is 179 Å². The number of nitrogens with zero attached hydrogens (tertiary/aromatic N) is 2. The molecular weight excluding hydrogens is 399 g/mol. The molecule has 0 radical (unpaired) electrons. The number of hydrogen-bond donors (Lipinski definition) is 1. The summed E-state index contributed by atoms with van der Waals surface area (Å²) in [5.41, 5.74) is 1.50. The third-order valence-corrected chi connectivity index (χ3v) is 5.18. The van der Waals surface area contributed by atoms with E-state index in [9.17, 15) is 18.8 Å². The molecule has 162 valence electrons. The number of aliphatic carboxylic acids is 1. The number of benzene rings is 2. The Morgan fingerprint density at radius 1 is 1.00 bits per heavy atom. The molecule has 31 heavy (non-hydrogen) atoms. The van der Waals surface area contributed by atoms with Gasteiger partial charge in [-0.2, -0.15) is 0 Å². The summed E-state index contributed by atoms with van der Waals surface area (Å²) in [6.07, 6.45) is 4.50. The van der Waals surface area contributed by atoms with Crippen LogP contribution in [0.4, 0.5) is 10.1 Å². The second kappa shape index (κ2) is 10.0. The molecule has 0 aliphatic heterocycles. The first kappa shape index (κ1) is 22.2. The van der Waals surface area contributed by atoms with Crippen LogP contribution < -0.4 is 4.90 Å². The van der Waals surface area contributed by atoms with E-state index >= 15 is 0 Å². The SMILES string of the molecule is CC(=O)N(CCCCCCC(=O)O)c1cn(C(=O)c2ccccc2)c2ccc(F)cc12. The summed E-state index contributed by atoms with van der Waals surface area (Å²) in [6, 6.07) is 12.9. The first-order valence-electron chi connectivity index (χ1n) is 10.3. The third-order valence-electron chi connectivity index (χ3n) is 5.18. The molecule has 6 nitrogen and oxygen atoms in total. The fourth-order valence-corrected chi connectivity index (χ4v) is 3.64. The number of carbonyl (C=O) groups excluding carboxylic acids is 2. The summed E-state index contributed by atoms with van der Waals surface area (Å²) in [5.74, 6) is -1.74. The fraction of sp³-hybridized carbons (Fsp3) is 0.292. The molecule has 0 bridgehead atoms. The summed E-state index contributed by atoms with van der Waals surface area (Å²) in [4.78, 5) is 37.6. The van der Waals surface area contributed by atoms with Crippen LogP contribution in [-0.4, -0.2) is 34.0 Å². The van der Waals surface area contributed by atoms with Crippen LogP contribution in [-0.2, 0) is 9.59 Å². The zero-order valence-electron chi connectivity index (χ0n) is 17.4. The van der Waals surface area contributed by atoms with Crippen molar-refractivity contribution >= 4 is 34.4 Å². The summed E-state index contributed by atoms with van der Waals surface area (Å²) in [7, 11) is 0. The molecule has 0 atom stereocenters. The van der Waals surface area contributed by atoms with Gasteiger partial charge in [0.15, 0.2) is 0 Å². The largest absolute Gasteiger partial charge is 0.481 e. The van der Waals surface area contributed by atoms with E-state index in [4.69, 9.17) is 5.11 Å². The minimum atomic E-state index is -0.816. The number of amides is 1. The van der Waals surface area contributed by atoms with E-state index in [1.807, 2.05) is 6.07 Å². The molecule has 0 saturated carbocycles. The lowest BCUT2D eigenvalue weighted by molar-refractivity contribution is -0.137. The smallest absolute Gasteiger partial charge is 0.303 e. The van der Waals surface area contributed by atoms with Crippen molar-refractivity contribution in [2.24, 2.45) is 0 Å². The van der Waals surface area contributed by atoms with Gasteiger partial charge >= 0.3 is 5.97 Å². The van der Waals surface area contributed by atoms with Gasteiger partial charge in [-0.25, -0.2) is 4.39 Å². The highest BCUT2D eigenvalue weighted by molar-refractivity contribution is 6.09. The maximum atomic E-state index is 14.0. The topological polar surface area (TPSA) is 79.6 Å². The van der Waals surface area contributed by atoms with Gasteiger partial charge < -0.3 is 10.0 Å². The van der Waals surface area contributed by atoms with Gasteiger partial charge in [-0.15, -0.1) is 0 Å². The predicted molar refractivity (Wildman–Crippen MR) is 117 cm³/mol. The molecule has 0 aliphatic carbocycles. The van der Waals surface area contributed by atoms with Crippen molar-refractivity contribution in [1.82, 2.24) is 4.57 Å². The van der Waals surface area contributed by atoms with Crippen molar-refractivity contribution in [3.8, 4) is 0 Å². The van der Waals surface area contributed by atoms with Crippen molar-refractivity contribution < 1.29 is 23.9 Å². The summed E-state index contributed by atoms with van der Waals surface area (Å²) in [5, 5.41) is 9.21. The van der Waals surface area contributed by atoms with Crippen LogP contribution in [0.15, 0.2) is 54.7 Å². The molecule has 1 N–H and O–H groups in total. The van der Waals surface area contributed by atoms with Crippen molar-refractivity contribution in [2.45, 2.75) is 39.0 Å². The van der Waals surface area contributed by atoms with Crippen LogP contribution in [0.3, 0.4) is 0 Å². The molecule has 7 heteroatoms. The molecule has 2 aromatic carbocycles. The minimum Gasteiger partial charge on any atom is -0.481 e. The highest BCUT2D eigenvalue weighted by atomic mass is 19.1. The summed E-state index contributed by atoms with van der Waals surface area (Å²) < 4.78 is 15.5. The second-order valence-corrected chi connectivity index (χ2v) is 7.45. The Hall–Kier alpha value is -3.48. The van der Waals surface area contributed by atoms with Crippen molar-refractivity contribution in [2.75, 3.05) is 11.4 Å². The molecule has 3 aromatic rings. The van der Waals surface area contributed by atoms with Gasteiger partial charge in [0, 0.05) is 37.0 Å². The quantitative estimate of drug-likeness (QED) is 0.498. The monoisotopic (exact) mass is 424 g/mol. The zero-order valence-corrected chi connectivity index (χ0v) is 17.4. The lowest BCUT2D eigenvalue weighted by atomic mass is 10.1. The lowest BCUT2D eigenvalue weighted by Gasteiger charge is -2.20. The van der Waals surface area contributed by atoms with E-state index in [-0.39, 0.29) is 18.2 Å². The number of rotatable bonds is 9. The highest BCUT2D eigenvalue weighted by Crippen LogP contribution is 2.31. The number of halogens is 1. The second-order valence-electron chi connectivity index (χ2n) is 7.45. The molecule has 1 heterocycles. The van der Waals surface area contributed by atoms with Gasteiger partial charge in [-0.1, -0.05) is 31.0 Å². The Kier molecular flexibility index (Phi) is 7.18. The average molecular weight is 424 g/mol. The summed E-state index contributed by atoms with van der Waals surface area (Å²) in [6.45, 7) is 1.84. The van der Waals surface area contributed by atoms with Crippen molar-refractivity contribution in [3.05, 3.63) is 66.1 Å². The number of aromatic nitrogens is 1. The Bertz CT molecular complexity index is 1090. The molecule has 1 amide bonds. The van der Waals surface area contributed by atoms with Crippen molar-refractivity contribution in [3.63, 3.8) is 0 Å². The normalized spacial score (nSPS) is 10.9. The maximum Gasteiger partial charge on any atom is 0.303 e. The van der Waals surface area contributed by atoms with Crippen molar-refractivity contribution in [1.29, 1.82) is 0 Å². The van der Waals surface area contributed by atoms with E-state index in [1.54, 1.807) is 41.4 Å². The maximum absolute atomic E-state index is 14.0. The number of unbranched alkanes of at least 4 members (excludes halogenated alkanes) is 3. The van der Waals surface area contributed by atoms with Gasteiger partial charge in [0.1, 0.15) is 5.82 Å². The van der Waals surface area contributed by atoms with E-state index in [2.05, 4.69) is 0 Å². The van der Waals surface area contributed by atoms with Crippen LogP contribution in [0, 0.1) is 5.82 Å². The van der Waals surface area contributed by atoms with Crippen LogP contribution in [0.2, 0.25) is 0 Å². The van der Waals surface area contributed by atoms with E-state index in [1.165, 1.54) is 23.6 Å².